The third kappa shape index (κ3) is 1.33. The van der Waals surface area contributed by atoms with Crippen molar-refractivity contribution in [1.82, 2.24) is 0 Å². The van der Waals surface area contributed by atoms with E-state index >= 15 is 0 Å². The fourth-order valence-corrected chi connectivity index (χ4v) is 0.885. The molecule has 0 atom stereocenters. The van der Waals surface area contributed by atoms with Gasteiger partial charge >= 0.3 is 0 Å². The number of phenolic OH excluding ortho intramolecular Hbond substituents is 1. The number of hydrogen-bond acceptors (Lipinski definition) is 3. The minimum atomic E-state index is 0. The summed E-state index contributed by atoms with van der Waals surface area (Å²) in [6.45, 7) is 0.249. The molecule has 0 aliphatic carbocycles. The van der Waals surface area contributed by atoms with Crippen LogP contribution in [-0.4, -0.2) is 11.9 Å². The predicted octanol–water partition coefficient (Wildman–Crippen LogP) is 1.54. The summed E-state index contributed by atoms with van der Waals surface area (Å²) in [6, 6.07) is 4.77. The molecule has 4 heteroatoms. The molecule has 0 spiro atoms. The minimum absolute atomic E-state index is 0. The van der Waals surface area contributed by atoms with E-state index in [4.69, 9.17) is 14.6 Å². The maximum atomic E-state index is 8.96. The highest BCUT2D eigenvalue weighted by molar-refractivity contribution is 5.85. The first-order valence-corrected chi connectivity index (χ1v) is 2.95. The van der Waals surface area contributed by atoms with Crippen LogP contribution < -0.4 is 9.47 Å². The van der Waals surface area contributed by atoms with Crippen molar-refractivity contribution in [3.8, 4) is 17.2 Å². The summed E-state index contributed by atoms with van der Waals surface area (Å²) in [7, 11) is 0. The Labute approximate surface area is 70.0 Å². The molecule has 2 rings (SSSR count). The fraction of sp³-hybridized carbons (Fsp3) is 0.143. The van der Waals surface area contributed by atoms with E-state index in [-0.39, 0.29) is 24.9 Å². The molecule has 0 saturated heterocycles. The standard InChI is InChI=1S/C7H6O3.ClH/c8-5-1-2-6-7(3-5)10-4-9-6;/h1-3,8H,4H2;1H. The Morgan fingerprint density at radius 1 is 1.18 bits per heavy atom. The van der Waals surface area contributed by atoms with E-state index in [2.05, 4.69) is 0 Å². The van der Waals surface area contributed by atoms with Crippen molar-refractivity contribution in [3.05, 3.63) is 18.2 Å². The smallest absolute Gasteiger partial charge is 0.231 e. The van der Waals surface area contributed by atoms with Gasteiger partial charge in [0.05, 0.1) is 0 Å². The summed E-state index contributed by atoms with van der Waals surface area (Å²) in [5.41, 5.74) is 0. The molecule has 0 fully saturated rings. The van der Waals surface area contributed by atoms with Gasteiger partial charge in [-0.15, -0.1) is 12.4 Å². The molecule has 11 heavy (non-hydrogen) atoms. The molecule has 3 nitrogen and oxygen atoms in total. The Morgan fingerprint density at radius 3 is 2.73 bits per heavy atom. The second-order valence-electron chi connectivity index (χ2n) is 2.04. The molecule has 0 unspecified atom stereocenters. The molecule has 1 aromatic carbocycles. The van der Waals surface area contributed by atoms with Gasteiger partial charge in [-0.1, -0.05) is 0 Å². The van der Waals surface area contributed by atoms with Crippen LogP contribution in [0.1, 0.15) is 0 Å². The molecule has 0 radical (unpaired) electrons. The molecular weight excluding hydrogens is 168 g/mol. The van der Waals surface area contributed by atoms with E-state index < -0.39 is 0 Å². The van der Waals surface area contributed by atoms with Gasteiger partial charge in [-0.25, -0.2) is 0 Å². The van der Waals surface area contributed by atoms with Crippen LogP contribution in [0.2, 0.25) is 0 Å². The lowest BCUT2D eigenvalue weighted by Crippen LogP contribution is -1.92. The Morgan fingerprint density at radius 2 is 1.91 bits per heavy atom. The van der Waals surface area contributed by atoms with Crippen LogP contribution in [0.5, 0.6) is 17.2 Å². The minimum Gasteiger partial charge on any atom is -0.508 e. The quantitative estimate of drug-likeness (QED) is 0.649. The Kier molecular flexibility index (Phi) is 2.10. The molecule has 1 heterocycles. The number of ether oxygens (including phenoxy) is 2. The van der Waals surface area contributed by atoms with Crippen molar-refractivity contribution in [2.75, 3.05) is 6.79 Å². The first-order valence-electron chi connectivity index (χ1n) is 2.95. The molecule has 1 N–H and O–H groups in total. The number of halogens is 1. The summed E-state index contributed by atoms with van der Waals surface area (Å²) in [5.74, 6) is 1.50. The molecule has 0 saturated carbocycles. The van der Waals surface area contributed by atoms with Crippen LogP contribution in [0.25, 0.3) is 0 Å². The van der Waals surface area contributed by atoms with E-state index in [1.54, 1.807) is 12.1 Å². The zero-order valence-corrected chi connectivity index (χ0v) is 6.43. The van der Waals surface area contributed by atoms with Crippen molar-refractivity contribution in [1.29, 1.82) is 0 Å². The molecule has 1 aliphatic rings. The topological polar surface area (TPSA) is 38.7 Å². The Balaban J connectivity index is 0.000000605. The highest BCUT2D eigenvalue weighted by atomic mass is 35.5. The lowest BCUT2D eigenvalue weighted by atomic mass is 10.3. The normalized spacial score (nSPS) is 12.4. The largest absolute Gasteiger partial charge is 0.508 e. The van der Waals surface area contributed by atoms with Crippen molar-refractivity contribution >= 4 is 12.4 Å². The average Bonchev–Trinajstić information content (AvgIpc) is 2.33. The molecule has 60 valence electrons. The zero-order chi connectivity index (χ0) is 6.97. The number of aromatic hydroxyl groups is 1. The highest BCUT2D eigenvalue weighted by Gasteiger charge is 2.12. The lowest BCUT2D eigenvalue weighted by Gasteiger charge is -1.93. The number of phenols is 1. The third-order valence-corrected chi connectivity index (χ3v) is 1.36. The van der Waals surface area contributed by atoms with Crippen molar-refractivity contribution in [3.63, 3.8) is 0 Å². The van der Waals surface area contributed by atoms with Crippen molar-refractivity contribution < 1.29 is 14.6 Å². The van der Waals surface area contributed by atoms with Gasteiger partial charge < -0.3 is 14.6 Å². The monoisotopic (exact) mass is 174 g/mol. The second-order valence-corrected chi connectivity index (χ2v) is 2.04. The number of hydrogen-bond donors (Lipinski definition) is 1. The van der Waals surface area contributed by atoms with Gasteiger partial charge in [0.1, 0.15) is 5.75 Å². The summed E-state index contributed by atoms with van der Waals surface area (Å²) >= 11 is 0. The van der Waals surface area contributed by atoms with Gasteiger partial charge in [-0.2, -0.15) is 0 Å². The molecule has 1 aromatic rings. The lowest BCUT2D eigenvalue weighted by molar-refractivity contribution is 0.174. The third-order valence-electron chi connectivity index (χ3n) is 1.36. The maximum absolute atomic E-state index is 8.96. The predicted molar refractivity (Wildman–Crippen MR) is 41.5 cm³/mol. The summed E-state index contributed by atoms with van der Waals surface area (Å²) < 4.78 is 10.0. The van der Waals surface area contributed by atoms with Gasteiger partial charge in [0.25, 0.3) is 0 Å². The van der Waals surface area contributed by atoms with E-state index in [1.807, 2.05) is 0 Å². The van der Waals surface area contributed by atoms with E-state index in [0.29, 0.717) is 11.5 Å². The number of rotatable bonds is 0. The first kappa shape index (κ1) is 8.01. The Hall–Kier alpha value is -1.09. The molecule has 0 amide bonds. The van der Waals surface area contributed by atoms with E-state index in [1.165, 1.54) is 6.07 Å². The highest BCUT2D eigenvalue weighted by Crippen LogP contribution is 2.34. The zero-order valence-electron chi connectivity index (χ0n) is 5.61. The van der Waals surface area contributed by atoms with Crippen LogP contribution in [0.3, 0.4) is 0 Å². The van der Waals surface area contributed by atoms with Crippen LogP contribution in [0.15, 0.2) is 18.2 Å². The van der Waals surface area contributed by atoms with Gasteiger partial charge in [0, 0.05) is 6.07 Å². The van der Waals surface area contributed by atoms with Crippen molar-refractivity contribution in [2.24, 2.45) is 0 Å². The maximum Gasteiger partial charge on any atom is 0.231 e. The van der Waals surface area contributed by atoms with Crippen LogP contribution >= 0.6 is 12.4 Å². The van der Waals surface area contributed by atoms with Gasteiger partial charge in [0.2, 0.25) is 6.79 Å². The van der Waals surface area contributed by atoms with E-state index in [9.17, 15) is 0 Å². The molecule has 0 aromatic heterocycles. The molecule has 0 bridgehead atoms. The number of fused-ring (bicyclic) bond motifs is 1. The Bertz CT molecular complexity index is 262. The summed E-state index contributed by atoms with van der Waals surface area (Å²) in [6.07, 6.45) is 0. The van der Waals surface area contributed by atoms with Gasteiger partial charge in [-0.05, 0) is 12.1 Å². The average molecular weight is 175 g/mol. The first-order chi connectivity index (χ1) is 4.86. The van der Waals surface area contributed by atoms with Gasteiger partial charge in [-0.3, -0.25) is 0 Å². The summed E-state index contributed by atoms with van der Waals surface area (Å²) in [5, 5.41) is 8.96. The van der Waals surface area contributed by atoms with Crippen molar-refractivity contribution in [2.45, 2.75) is 0 Å². The van der Waals surface area contributed by atoms with Crippen LogP contribution in [-0.2, 0) is 0 Å². The fourth-order valence-electron chi connectivity index (χ4n) is 0.885. The van der Waals surface area contributed by atoms with E-state index in [0.717, 1.165) is 0 Å². The van der Waals surface area contributed by atoms with Crippen LogP contribution in [0, 0.1) is 0 Å². The number of benzene rings is 1. The second kappa shape index (κ2) is 2.88. The summed E-state index contributed by atoms with van der Waals surface area (Å²) in [4.78, 5) is 0. The molecule has 1 aliphatic heterocycles. The van der Waals surface area contributed by atoms with Gasteiger partial charge in [0.15, 0.2) is 11.5 Å². The van der Waals surface area contributed by atoms with Crippen LogP contribution in [0.4, 0.5) is 0 Å². The SMILES string of the molecule is Cl.Oc1ccc2c(c1)OCO2. The molecular formula is C7H7ClO3.